The number of furan rings is 1. The first-order chi connectivity index (χ1) is 9.42. The van der Waals surface area contributed by atoms with Gasteiger partial charge in [-0.05, 0) is 37.6 Å². The lowest BCUT2D eigenvalue weighted by molar-refractivity contribution is 0.479. The van der Waals surface area contributed by atoms with Crippen LogP contribution in [0.25, 0.3) is 0 Å². The molecule has 0 aliphatic carbocycles. The average molecular weight is 314 g/mol. The Labute approximate surface area is 122 Å². The van der Waals surface area contributed by atoms with Gasteiger partial charge in [-0.15, -0.1) is 11.3 Å². The number of nitrogens with one attached hydrogen (secondary N) is 1. The summed E-state index contributed by atoms with van der Waals surface area (Å²) in [6, 6.07) is 5.03. The Morgan fingerprint density at radius 3 is 2.80 bits per heavy atom. The van der Waals surface area contributed by atoms with Gasteiger partial charge in [0, 0.05) is 23.9 Å². The number of aryl methyl sites for hydroxylation is 1. The van der Waals surface area contributed by atoms with Crippen LogP contribution in [0.3, 0.4) is 0 Å². The monoisotopic (exact) mass is 314 g/mol. The fourth-order valence-electron chi connectivity index (χ4n) is 1.92. The minimum absolute atomic E-state index is 0.241. The van der Waals surface area contributed by atoms with Gasteiger partial charge in [0.1, 0.15) is 9.97 Å². The Morgan fingerprint density at radius 2 is 2.25 bits per heavy atom. The second-order valence-corrected chi connectivity index (χ2v) is 7.76. The predicted molar refractivity (Wildman–Crippen MR) is 79.1 cm³/mol. The molecule has 0 bridgehead atoms. The Bertz CT molecular complexity index is 660. The van der Waals surface area contributed by atoms with Crippen LogP contribution in [0, 0.1) is 6.92 Å². The summed E-state index contributed by atoms with van der Waals surface area (Å²) in [4.78, 5) is 0.893. The summed E-state index contributed by atoms with van der Waals surface area (Å²) in [5.74, 6) is 0.755. The molecule has 2 rings (SSSR count). The minimum atomic E-state index is -3.50. The molecule has 0 aliphatic rings. The minimum Gasteiger partial charge on any atom is -0.469 e. The van der Waals surface area contributed by atoms with Gasteiger partial charge >= 0.3 is 0 Å². The van der Waals surface area contributed by atoms with E-state index in [2.05, 4.69) is 4.72 Å². The zero-order chi connectivity index (χ0) is 14.8. The molecule has 20 heavy (non-hydrogen) atoms. The highest BCUT2D eigenvalue weighted by Crippen LogP contribution is 2.25. The third-order valence-electron chi connectivity index (χ3n) is 2.89. The Hall–Kier alpha value is -1.15. The van der Waals surface area contributed by atoms with Gasteiger partial charge < -0.3 is 10.2 Å². The maximum absolute atomic E-state index is 12.3. The molecule has 2 aromatic rings. The molecule has 1 unspecified atom stereocenters. The summed E-state index contributed by atoms with van der Waals surface area (Å²) in [5, 5.41) is 0. The van der Waals surface area contributed by atoms with E-state index < -0.39 is 10.0 Å². The van der Waals surface area contributed by atoms with Crippen LogP contribution in [-0.2, 0) is 23.0 Å². The van der Waals surface area contributed by atoms with Gasteiger partial charge in [0.15, 0.2) is 0 Å². The third kappa shape index (κ3) is 3.49. The smallest absolute Gasteiger partial charge is 0.250 e. The Balaban J connectivity index is 2.10. The van der Waals surface area contributed by atoms with Crippen molar-refractivity contribution in [3.05, 3.63) is 40.7 Å². The molecule has 1 atom stereocenters. The zero-order valence-electron chi connectivity index (χ0n) is 11.4. The normalized spacial score (nSPS) is 13.6. The molecule has 5 nitrogen and oxygen atoms in total. The van der Waals surface area contributed by atoms with Crippen molar-refractivity contribution >= 4 is 21.4 Å². The summed E-state index contributed by atoms with van der Waals surface area (Å²) in [6.07, 6.45) is 2.09. The van der Waals surface area contributed by atoms with Crippen molar-refractivity contribution in [1.29, 1.82) is 0 Å². The molecule has 0 spiro atoms. The molecule has 7 heteroatoms. The highest BCUT2D eigenvalue weighted by atomic mass is 32.2. The van der Waals surface area contributed by atoms with Crippen LogP contribution in [0.15, 0.2) is 33.1 Å². The topological polar surface area (TPSA) is 85.3 Å². The quantitative estimate of drug-likeness (QED) is 0.854. The fourth-order valence-corrected chi connectivity index (χ4v) is 4.65. The number of rotatable bonds is 6. The number of nitrogens with two attached hydrogens (primary N) is 1. The van der Waals surface area contributed by atoms with Crippen molar-refractivity contribution < 1.29 is 12.8 Å². The first-order valence-electron chi connectivity index (χ1n) is 6.26. The molecule has 3 N–H and O–H groups in total. The predicted octanol–water partition coefficient (Wildman–Crippen LogP) is 2.02. The molecule has 0 fully saturated rings. The molecular weight excluding hydrogens is 296 g/mol. The van der Waals surface area contributed by atoms with Crippen molar-refractivity contribution in [2.45, 2.75) is 37.1 Å². The second-order valence-electron chi connectivity index (χ2n) is 4.68. The van der Waals surface area contributed by atoms with Gasteiger partial charge in [-0.3, -0.25) is 0 Å². The van der Waals surface area contributed by atoms with Crippen molar-refractivity contribution in [3.8, 4) is 0 Å². The van der Waals surface area contributed by atoms with E-state index in [-0.39, 0.29) is 6.04 Å². The maximum Gasteiger partial charge on any atom is 0.250 e. The lowest BCUT2D eigenvalue weighted by atomic mass is 10.2. The second kappa shape index (κ2) is 6.09. The van der Waals surface area contributed by atoms with E-state index in [4.69, 9.17) is 10.2 Å². The third-order valence-corrected chi connectivity index (χ3v) is 6.21. The Kier molecular flexibility index (Phi) is 4.64. The van der Waals surface area contributed by atoms with Gasteiger partial charge in [0.2, 0.25) is 10.0 Å². The van der Waals surface area contributed by atoms with Crippen molar-refractivity contribution in [2.24, 2.45) is 5.73 Å². The van der Waals surface area contributed by atoms with E-state index in [9.17, 15) is 8.42 Å². The summed E-state index contributed by atoms with van der Waals surface area (Å²) in [7, 11) is -3.50. The Morgan fingerprint density at radius 1 is 1.50 bits per heavy atom. The van der Waals surface area contributed by atoms with Crippen molar-refractivity contribution in [3.63, 3.8) is 0 Å². The number of hydrogen-bond donors (Lipinski definition) is 2. The first kappa shape index (κ1) is 15.2. The summed E-state index contributed by atoms with van der Waals surface area (Å²) < 4.78 is 32.7. The van der Waals surface area contributed by atoms with Crippen LogP contribution < -0.4 is 10.5 Å². The maximum atomic E-state index is 12.3. The first-order valence-corrected chi connectivity index (χ1v) is 8.56. The van der Waals surface area contributed by atoms with E-state index in [0.717, 1.165) is 16.2 Å². The fraction of sp³-hybridized carbons (Fsp3) is 0.385. The standard InChI is InChI=1S/C13H18N2O3S2/c1-9-6-13(19-12(9)8-14)20(16,17)15-10(2)7-11-4-3-5-18-11/h3-6,10,15H,7-8,14H2,1-2H3. The number of hydrogen-bond acceptors (Lipinski definition) is 5. The molecule has 0 amide bonds. The van der Waals surface area contributed by atoms with Gasteiger partial charge in [-0.25, -0.2) is 13.1 Å². The summed E-state index contributed by atoms with van der Waals surface area (Å²) in [6.45, 7) is 4.03. The van der Waals surface area contributed by atoms with Crippen LogP contribution in [0.1, 0.15) is 23.1 Å². The van der Waals surface area contributed by atoms with Crippen LogP contribution >= 0.6 is 11.3 Å². The highest BCUT2D eigenvalue weighted by molar-refractivity contribution is 7.91. The van der Waals surface area contributed by atoms with Gasteiger partial charge in [-0.1, -0.05) is 0 Å². The molecular formula is C13H18N2O3S2. The molecule has 0 radical (unpaired) electrons. The van der Waals surface area contributed by atoms with E-state index in [1.165, 1.54) is 11.3 Å². The molecule has 0 saturated carbocycles. The van der Waals surface area contributed by atoms with Crippen molar-refractivity contribution in [1.82, 2.24) is 4.72 Å². The summed E-state index contributed by atoms with van der Waals surface area (Å²) >= 11 is 1.22. The van der Waals surface area contributed by atoms with Crippen LogP contribution in [0.4, 0.5) is 0 Å². The lowest BCUT2D eigenvalue weighted by Crippen LogP contribution is -2.33. The van der Waals surface area contributed by atoms with E-state index in [0.29, 0.717) is 17.2 Å². The van der Waals surface area contributed by atoms with Gasteiger partial charge in [0.05, 0.1) is 6.26 Å². The highest BCUT2D eigenvalue weighted by Gasteiger charge is 2.21. The average Bonchev–Trinajstić information content (AvgIpc) is 2.97. The lowest BCUT2D eigenvalue weighted by Gasteiger charge is -2.11. The molecule has 0 aliphatic heterocycles. The zero-order valence-corrected chi connectivity index (χ0v) is 13.1. The molecule has 2 aromatic heterocycles. The van der Waals surface area contributed by atoms with E-state index >= 15 is 0 Å². The van der Waals surface area contributed by atoms with Crippen LogP contribution in [-0.4, -0.2) is 14.5 Å². The molecule has 0 saturated heterocycles. The molecule has 0 aromatic carbocycles. The number of thiophene rings is 1. The molecule has 2 heterocycles. The number of sulfonamides is 1. The molecule has 110 valence electrons. The van der Waals surface area contributed by atoms with Crippen LogP contribution in [0.5, 0.6) is 0 Å². The largest absolute Gasteiger partial charge is 0.469 e. The van der Waals surface area contributed by atoms with Gasteiger partial charge in [-0.2, -0.15) is 0 Å². The van der Waals surface area contributed by atoms with E-state index in [1.54, 1.807) is 18.4 Å². The van der Waals surface area contributed by atoms with Gasteiger partial charge in [0.25, 0.3) is 0 Å². The van der Waals surface area contributed by atoms with E-state index in [1.807, 2.05) is 19.9 Å². The van der Waals surface area contributed by atoms with Crippen LogP contribution in [0.2, 0.25) is 0 Å². The summed E-state index contributed by atoms with van der Waals surface area (Å²) in [5.41, 5.74) is 6.50. The van der Waals surface area contributed by atoms with Crippen molar-refractivity contribution in [2.75, 3.05) is 0 Å². The SMILES string of the molecule is Cc1cc(S(=O)(=O)NC(C)Cc2ccco2)sc1CN.